The van der Waals surface area contributed by atoms with Gasteiger partial charge in [-0.25, -0.2) is 0 Å². The number of nitrogens with one attached hydrogen (secondary N) is 1. The van der Waals surface area contributed by atoms with Gasteiger partial charge < -0.3 is 65.1 Å². The molecule has 0 aliphatic carbocycles. The summed E-state index contributed by atoms with van der Waals surface area (Å²) in [5, 5.41) is 87.2. The van der Waals surface area contributed by atoms with Gasteiger partial charge in [0.1, 0.15) is 48.8 Å². The van der Waals surface area contributed by atoms with Crippen molar-refractivity contribution in [3.05, 3.63) is 109 Å². The summed E-state index contributed by atoms with van der Waals surface area (Å²) in [4.78, 5) is 13.3. The van der Waals surface area contributed by atoms with Crippen LogP contribution in [0.1, 0.15) is 219 Å². The molecule has 2 saturated heterocycles. The van der Waals surface area contributed by atoms with Crippen LogP contribution in [-0.2, 0) is 23.7 Å². The summed E-state index contributed by atoms with van der Waals surface area (Å²) in [5.74, 6) is -0.266. The highest BCUT2D eigenvalue weighted by atomic mass is 16.7. The highest BCUT2D eigenvalue weighted by molar-refractivity contribution is 5.76. The first-order valence-electron chi connectivity index (χ1n) is 32.1. The van der Waals surface area contributed by atoms with Gasteiger partial charge in [-0.15, -0.1) is 0 Å². The van der Waals surface area contributed by atoms with E-state index in [2.05, 4.69) is 116 Å². The molecular formula is C68H115NO13. The van der Waals surface area contributed by atoms with Crippen LogP contribution in [-0.4, -0.2) is 140 Å². The van der Waals surface area contributed by atoms with Crippen LogP contribution in [0.5, 0.6) is 0 Å². The second-order valence-corrected chi connectivity index (χ2v) is 22.1. The van der Waals surface area contributed by atoms with Gasteiger partial charge in [-0.2, -0.15) is 0 Å². The molecule has 14 nitrogen and oxygen atoms in total. The van der Waals surface area contributed by atoms with E-state index < -0.39 is 86.8 Å². The van der Waals surface area contributed by atoms with Crippen molar-refractivity contribution in [1.82, 2.24) is 5.32 Å². The molecule has 12 atom stereocenters. The van der Waals surface area contributed by atoms with Crippen LogP contribution in [0.15, 0.2) is 109 Å². The summed E-state index contributed by atoms with van der Waals surface area (Å²) in [6.07, 6.45) is 56.9. The molecule has 0 radical (unpaired) electrons. The number of ether oxygens (including phenoxy) is 4. The maximum Gasteiger partial charge on any atom is 0.220 e. The van der Waals surface area contributed by atoms with Crippen LogP contribution < -0.4 is 5.32 Å². The van der Waals surface area contributed by atoms with Crippen molar-refractivity contribution in [2.45, 2.75) is 293 Å². The number of aliphatic hydroxyl groups excluding tert-OH is 8. The molecule has 0 aromatic rings. The van der Waals surface area contributed by atoms with E-state index in [1.54, 1.807) is 6.08 Å². The molecular weight excluding hydrogens is 1040 g/mol. The predicted octanol–water partition coefficient (Wildman–Crippen LogP) is 12.0. The summed E-state index contributed by atoms with van der Waals surface area (Å²) < 4.78 is 22.8. The van der Waals surface area contributed by atoms with E-state index in [4.69, 9.17) is 18.9 Å². The number of rotatable bonds is 50. The zero-order chi connectivity index (χ0) is 59.5. The molecule has 0 bridgehead atoms. The van der Waals surface area contributed by atoms with Crippen LogP contribution >= 0.6 is 0 Å². The van der Waals surface area contributed by atoms with Crippen molar-refractivity contribution in [2.24, 2.45) is 0 Å². The largest absolute Gasteiger partial charge is 0.394 e. The second kappa shape index (κ2) is 52.0. The van der Waals surface area contributed by atoms with Gasteiger partial charge in [0.05, 0.1) is 32.0 Å². The Morgan fingerprint density at radius 1 is 0.451 bits per heavy atom. The lowest BCUT2D eigenvalue weighted by molar-refractivity contribution is -0.359. The smallest absolute Gasteiger partial charge is 0.220 e. The fourth-order valence-electron chi connectivity index (χ4n) is 9.80. The predicted molar refractivity (Wildman–Crippen MR) is 332 cm³/mol. The SMILES string of the molecule is CC/C=C\C/C=C\C/C=C\C/C=C\C/C=C\C/C=C\CCCCCCCCCCC(=O)NC(COC1OC(CO)C(OC2OC(CO)C(O)C(O)C2O)C(O)C1O)C(O)/C=C/CC/C=C/CC/C=C/CCCCCCCCCCCCC. The summed E-state index contributed by atoms with van der Waals surface area (Å²) >= 11 is 0. The van der Waals surface area contributed by atoms with Gasteiger partial charge in [-0.05, 0) is 96.3 Å². The first kappa shape index (κ1) is 74.7. The Kier molecular flexibility index (Phi) is 47.4. The highest BCUT2D eigenvalue weighted by Crippen LogP contribution is 2.30. The van der Waals surface area contributed by atoms with E-state index >= 15 is 0 Å². The standard InChI is InChI=1S/C68H115NO13/c1-3-5-7-9-11-13-15-17-19-21-23-25-26-27-28-29-30-32-34-36-38-40-42-44-46-48-50-52-60(73)69-56(57(72)51-49-47-45-43-41-39-37-35-33-31-24-22-20-18-16-14-12-10-8-6-4-2)55-79-67-65(78)63(76)66(59(54-71)81-67)82-68-64(77)62(75)61(74)58(53-70)80-68/h5,7,11,13,17,19,23,25,27-28,30,32-33,35,41,43,49,51,56-59,61-68,70-72,74-78H,3-4,6,8-10,12,14-16,18,20-22,24,26,29,31,34,36-40,42,44-48,50,52-55H2,1-2H3,(H,69,73)/b7-5-,13-11-,19-17-,25-23-,28-27-,32-30-,35-33+,43-41+,51-49+. The Morgan fingerprint density at radius 2 is 0.854 bits per heavy atom. The van der Waals surface area contributed by atoms with Crippen molar-refractivity contribution in [1.29, 1.82) is 0 Å². The average molecular weight is 1150 g/mol. The summed E-state index contributed by atoms with van der Waals surface area (Å²) in [5.41, 5.74) is 0. The van der Waals surface area contributed by atoms with E-state index in [1.165, 1.54) is 89.9 Å². The Labute approximate surface area is 495 Å². The van der Waals surface area contributed by atoms with Crippen molar-refractivity contribution in [2.75, 3.05) is 19.8 Å². The van der Waals surface area contributed by atoms with E-state index in [1.807, 2.05) is 6.08 Å². The molecule has 82 heavy (non-hydrogen) atoms. The van der Waals surface area contributed by atoms with Gasteiger partial charge in [0.15, 0.2) is 12.6 Å². The molecule has 0 aromatic carbocycles. The molecule has 1 amide bonds. The van der Waals surface area contributed by atoms with Crippen LogP contribution in [0.3, 0.4) is 0 Å². The minimum atomic E-state index is -1.80. The van der Waals surface area contributed by atoms with Crippen molar-refractivity contribution < 1.29 is 64.6 Å². The van der Waals surface area contributed by atoms with E-state index in [0.717, 1.165) is 96.3 Å². The van der Waals surface area contributed by atoms with Gasteiger partial charge >= 0.3 is 0 Å². The van der Waals surface area contributed by atoms with Gasteiger partial charge in [0.25, 0.3) is 0 Å². The summed E-state index contributed by atoms with van der Waals surface area (Å²) in [6, 6.07) is -0.951. The Bertz CT molecular complexity index is 1790. The maximum absolute atomic E-state index is 13.3. The van der Waals surface area contributed by atoms with Crippen molar-refractivity contribution in [3.8, 4) is 0 Å². The fourth-order valence-corrected chi connectivity index (χ4v) is 9.80. The molecule has 9 N–H and O–H groups in total. The molecule has 14 heteroatoms. The molecule has 2 heterocycles. The zero-order valence-corrected chi connectivity index (χ0v) is 50.7. The molecule has 0 spiro atoms. The highest BCUT2D eigenvalue weighted by Gasteiger charge is 2.51. The summed E-state index contributed by atoms with van der Waals surface area (Å²) in [6.45, 7) is 2.65. The number of hydrogen-bond acceptors (Lipinski definition) is 13. The molecule has 0 saturated carbocycles. The third kappa shape index (κ3) is 36.5. The van der Waals surface area contributed by atoms with Crippen molar-refractivity contribution >= 4 is 5.91 Å². The topological polar surface area (TPSA) is 228 Å². The summed E-state index contributed by atoms with van der Waals surface area (Å²) in [7, 11) is 0. The Balaban J connectivity index is 1.76. The lowest BCUT2D eigenvalue weighted by Crippen LogP contribution is -2.65. The van der Waals surface area contributed by atoms with Crippen molar-refractivity contribution in [3.63, 3.8) is 0 Å². The lowest BCUT2D eigenvalue weighted by atomic mass is 9.97. The first-order valence-corrected chi connectivity index (χ1v) is 32.1. The van der Waals surface area contributed by atoms with E-state index in [0.29, 0.717) is 12.8 Å². The van der Waals surface area contributed by atoms with Gasteiger partial charge in [-0.1, -0.05) is 226 Å². The van der Waals surface area contributed by atoms with Gasteiger partial charge in [0, 0.05) is 6.42 Å². The molecule has 2 aliphatic rings. The molecule has 0 aromatic heterocycles. The second-order valence-electron chi connectivity index (χ2n) is 22.1. The first-order chi connectivity index (χ1) is 40.1. The molecule has 12 unspecified atom stereocenters. The number of aliphatic hydroxyl groups is 8. The van der Waals surface area contributed by atoms with Crippen LogP contribution in [0, 0.1) is 0 Å². The lowest BCUT2D eigenvalue weighted by Gasteiger charge is -2.46. The Hall–Kier alpha value is -3.35. The van der Waals surface area contributed by atoms with E-state index in [9.17, 15) is 45.6 Å². The van der Waals surface area contributed by atoms with Crippen LogP contribution in [0.25, 0.3) is 0 Å². The fraction of sp³-hybridized carbons (Fsp3) is 0.721. The molecule has 2 aliphatic heterocycles. The molecule has 2 fully saturated rings. The third-order valence-corrected chi connectivity index (χ3v) is 14.9. The minimum absolute atomic E-state index is 0.253. The number of hydrogen-bond donors (Lipinski definition) is 9. The van der Waals surface area contributed by atoms with Gasteiger partial charge in [0.2, 0.25) is 5.91 Å². The maximum atomic E-state index is 13.3. The molecule has 470 valence electrons. The normalized spacial score (nSPS) is 24.7. The average Bonchev–Trinajstić information content (AvgIpc) is 3.67. The number of unbranched alkanes of at least 4 members (excludes halogenated alkanes) is 21. The van der Waals surface area contributed by atoms with Crippen LogP contribution in [0.4, 0.5) is 0 Å². The Morgan fingerprint density at radius 3 is 1.34 bits per heavy atom. The third-order valence-electron chi connectivity index (χ3n) is 14.9. The van der Waals surface area contributed by atoms with Crippen LogP contribution in [0.2, 0.25) is 0 Å². The number of carbonyl (C=O) groups is 1. The zero-order valence-electron chi connectivity index (χ0n) is 50.7. The minimum Gasteiger partial charge on any atom is -0.394 e. The number of amides is 1. The number of carbonyl (C=O) groups excluding carboxylic acids is 1. The van der Waals surface area contributed by atoms with Gasteiger partial charge in [-0.3, -0.25) is 4.79 Å². The van der Waals surface area contributed by atoms with E-state index in [-0.39, 0.29) is 18.9 Å². The molecule has 2 rings (SSSR count). The number of allylic oxidation sites excluding steroid dienone is 17. The quantitative estimate of drug-likeness (QED) is 0.0204. The monoisotopic (exact) mass is 1150 g/mol.